The minimum Gasteiger partial charge on any atom is -0.493 e. The summed E-state index contributed by atoms with van der Waals surface area (Å²) in [6.07, 6.45) is 3.13. The van der Waals surface area contributed by atoms with Crippen molar-refractivity contribution in [3.8, 4) is 5.75 Å². The van der Waals surface area contributed by atoms with Crippen molar-refractivity contribution in [2.75, 3.05) is 13.2 Å². The third kappa shape index (κ3) is 3.76. The molecule has 0 unspecified atom stereocenters. The molecule has 0 aliphatic rings. The fraction of sp³-hybridized carbons (Fsp3) is 0.529. The van der Waals surface area contributed by atoms with Crippen molar-refractivity contribution in [2.24, 2.45) is 0 Å². The summed E-state index contributed by atoms with van der Waals surface area (Å²) in [7, 11) is 0. The second kappa shape index (κ2) is 6.31. The van der Waals surface area contributed by atoms with Gasteiger partial charge in [-0.05, 0) is 45.4 Å². The quantitative estimate of drug-likeness (QED) is 0.787. The number of aromatic nitrogens is 1. The largest absolute Gasteiger partial charge is 0.493 e. The second-order valence-corrected chi connectivity index (χ2v) is 6.01. The van der Waals surface area contributed by atoms with E-state index in [0.717, 1.165) is 25.3 Å². The van der Waals surface area contributed by atoms with Crippen LogP contribution in [0.4, 0.5) is 0 Å². The summed E-state index contributed by atoms with van der Waals surface area (Å²) < 4.78 is 13.8. The van der Waals surface area contributed by atoms with Crippen molar-refractivity contribution in [2.45, 2.75) is 46.3 Å². The normalized spacial score (nSPS) is 12.0. The van der Waals surface area contributed by atoms with Crippen LogP contribution in [0.2, 0.25) is 0 Å². The maximum absolute atomic E-state index is 5.80. The number of benzene rings is 1. The molecule has 3 nitrogen and oxygen atoms in total. The molecule has 20 heavy (non-hydrogen) atoms. The molecular formula is C17H25NO2. The van der Waals surface area contributed by atoms with Crippen LogP contribution in [0.25, 0.3) is 10.9 Å². The highest BCUT2D eigenvalue weighted by Crippen LogP contribution is 2.26. The first-order valence-electron chi connectivity index (χ1n) is 7.36. The van der Waals surface area contributed by atoms with E-state index in [9.17, 15) is 0 Å². The Hall–Kier alpha value is -1.48. The standard InChI is InChI=1S/C17H25NO2/c1-5-12-19-16-8-6-7-15-14(16)9-10-18(15)11-13-20-17(2,3)4/h6-10H,5,11-13H2,1-4H3. The van der Waals surface area contributed by atoms with Crippen molar-refractivity contribution < 1.29 is 9.47 Å². The highest BCUT2D eigenvalue weighted by Gasteiger charge is 2.10. The van der Waals surface area contributed by atoms with E-state index >= 15 is 0 Å². The fourth-order valence-electron chi connectivity index (χ4n) is 2.18. The summed E-state index contributed by atoms with van der Waals surface area (Å²) >= 11 is 0. The summed E-state index contributed by atoms with van der Waals surface area (Å²) in [6, 6.07) is 8.34. The van der Waals surface area contributed by atoms with Crippen LogP contribution in [0.5, 0.6) is 5.75 Å². The highest BCUT2D eigenvalue weighted by atomic mass is 16.5. The van der Waals surface area contributed by atoms with Gasteiger partial charge in [0.05, 0.1) is 24.3 Å². The van der Waals surface area contributed by atoms with Crippen molar-refractivity contribution >= 4 is 10.9 Å². The molecule has 0 aliphatic heterocycles. The predicted molar refractivity (Wildman–Crippen MR) is 83.4 cm³/mol. The zero-order valence-corrected chi connectivity index (χ0v) is 13.0. The van der Waals surface area contributed by atoms with Gasteiger partial charge in [-0.15, -0.1) is 0 Å². The molecule has 0 N–H and O–H groups in total. The van der Waals surface area contributed by atoms with Crippen LogP contribution < -0.4 is 4.74 Å². The monoisotopic (exact) mass is 275 g/mol. The first-order chi connectivity index (χ1) is 9.51. The lowest BCUT2D eigenvalue weighted by atomic mass is 10.2. The van der Waals surface area contributed by atoms with Crippen molar-refractivity contribution in [3.63, 3.8) is 0 Å². The lowest BCUT2D eigenvalue weighted by molar-refractivity contribution is -0.00644. The summed E-state index contributed by atoms with van der Waals surface area (Å²) in [5, 5.41) is 1.18. The van der Waals surface area contributed by atoms with Gasteiger partial charge in [0, 0.05) is 18.1 Å². The first-order valence-corrected chi connectivity index (χ1v) is 7.36. The summed E-state index contributed by atoms with van der Waals surface area (Å²) in [5.41, 5.74) is 1.12. The zero-order valence-electron chi connectivity index (χ0n) is 13.0. The molecule has 0 saturated carbocycles. The number of nitrogens with zero attached hydrogens (tertiary/aromatic N) is 1. The number of fused-ring (bicyclic) bond motifs is 1. The Balaban J connectivity index is 2.11. The van der Waals surface area contributed by atoms with E-state index in [-0.39, 0.29) is 5.60 Å². The Labute approximate surface area is 121 Å². The predicted octanol–water partition coefficient (Wildman–Crippen LogP) is 4.25. The Kier molecular flexibility index (Phi) is 4.71. The Bertz CT molecular complexity index is 552. The maximum atomic E-state index is 5.80. The van der Waals surface area contributed by atoms with Gasteiger partial charge in [0.25, 0.3) is 0 Å². The molecule has 1 heterocycles. The number of rotatable bonds is 6. The number of hydrogen-bond acceptors (Lipinski definition) is 2. The molecule has 0 spiro atoms. The van der Waals surface area contributed by atoms with Gasteiger partial charge in [-0.1, -0.05) is 13.0 Å². The van der Waals surface area contributed by atoms with Crippen LogP contribution in [0, 0.1) is 0 Å². The average Bonchev–Trinajstić information content (AvgIpc) is 2.79. The van der Waals surface area contributed by atoms with E-state index in [1.165, 1.54) is 10.9 Å². The molecule has 0 atom stereocenters. The summed E-state index contributed by atoms with van der Waals surface area (Å²) in [4.78, 5) is 0. The van der Waals surface area contributed by atoms with Crippen LogP contribution in [-0.2, 0) is 11.3 Å². The third-order valence-corrected chi connectivity index (χ3v) is 3.10. The second-order valence-electron chi connectivity index (χ2n) is 6.01. The van der Waals surface area contributed by atoms with E-state index in [1.54, 1.807) is 0 Å². The third-order valence-electron chi connectivity index (χ3n) is 3.10. The SMILES string of the molecule is CCCOc1cccc2c1ccn2CCOC(C)(C)C. The van der Waals surface area contributed by atoms with Gasteiger partial charge in [-0.3, -0.25) is 0 Å². The Morgan fingerprint density at radius 1 is 1.10 bits per heavy atom. The molecular weight excluding hydrogens is 250 g/mol. The van der Waals surface area contributed by atoms with Crippen LogP contribution in [0.3, 0.4) is 0 Å². The Morgan fingerprint density at radius 2 is 1.90 bits per heavy atom. The minimum absolute atomic E-state index is 0.0850. The van der Waals surface area contributed by atoms with E-state index in [1.807, 2.05) is 6.07 Å². The topological polar surface area (TPSA) is 23.4 Å². The highest BCUT2D eigenvalue weighted by molar-refractivity contribution is 5.86. The van der Waals surface area contributed by atoms with Crippen molar-refractivity contribution in [1.82, 2.24) is 4.57 Å². The lowest BCUT2D eigenvalue weighted by Crippen LogP contribution is -2.21. The van der Waals surface area contributed by atoms with Crippen LogP contribution in [0.1, 0.15) is 34.1 Å². The van der Waals surface area contributed by atoms with E-state index < -0.39 is 0 Å². The van der Waals surface area contributed by atoms with E-state index in [0.29, 0.717) is 6.61 Å². The lowest BCUT2D eigenvalue weighted by Gasteiger charge is -2.19. The number of hydrogen-bond donors (Lipinski definition) is 0. The van der Waals surface area contributed by atoms with Gasteiger partial charge >= 0.3 is 0 Å². The molecule has 2 rings (SSSR count). The van der Waals surface area contributed by atoms with Crippen molar-refractivity contribution in [1.29, 1.82) is 0 Å². The smallest absolute Gasteiger partial charge is 0.128 e. The average molecular weight is 275 g/mol. The molecule has 0 saturated heterocycles. The number of ether oxygens (including phenoxy) is 2. The minimum atomic E-state index is -0.0850. The molecule has 110 valence electrons. The van der Waals surface area contributed by atoms with Crippen LogP contribution in [-0.4, -0.2) is 23.4 Å². The molecule has 3 heteroatoms. The molecule has 0 fully saturated rings. The molecule has 2 aromatic rings. The summed E-state index contributed by atoms with van der Waals surface area (Å²) in [5.74, 6) is 0.972. The molecule has 0 radical (unpaired) electrons. The van der Waals surface area contributed by atoms with Gasteiger partial charge in [0.2, 0.25) is 0 Å². The molecule has 1 aromatic carbocycles. The van der Waals surface area contributed by atoms with Gasteiger partial charge in [0.15, 0.2) is 0 Å². The van der Waals surface area contributed by atoms with E-state index in [2.05, 4.69) is 56.7 Å². The fourth-order valence-corrected chi connectivity index (χ4v) is 2.18. The molecule has 1 aromatic heterocycles. The molecule has 0 bridgehead atoms. The van der Waals surface area contributed by atoms with E-state index in [4.69, 9.17) is 9.47 Å². The van der Waals surface area contributed by atoms with Gasteiger partial charge in [-0.2, -0.15) is 0 Å². The van der Waals surface area contributed by atoms with Crippen molar-refractivity contribution in [3.05, 3.63) is 30.5 Å². The first kappa shape index (κ1) is 14.9. The van der Waals surface area contributed by atoms with Crippen LogP contribution >= 0.6 is 0 Å². The summed E-state index contributed by atoms with van der Waals surface area (Å²) in [6.45, 7) is 10.7. The van der Waals surface area contributed by atoms with Gasteiger partial charge in [-0.25, -0.2) is 0 Å². The molecule has 0 amide bonds. The van der Waals surface area contributed by atoms with Crippen LogP contribution in [0.15, 0.2) is 30.5 Å². The maximum Gasteiger partial charge on any atom is 0.128 e. The molecule has 0 aliphatic carbocycles. The van der Waals surface area contributed by atoms with Gasteiger partial charge in [0.1, 0.15) is 5.75 Å². The zero-order chi connectivity index (χ0) is 14.6. The Morgan fingerprint density at radius 3 is 2.60 bits per heavy atom. The van der Waals surface area contributed by atoms with Gasteiger partial charge < -0.3 is 14.0 Å².